The number of benzene rings is 1. The van der Waals surface area contributed by atoms with Gasteiger partial charge < -0.3 is 19.7 Å². The van der Waals surface area contributed by atoms with Gasteiger partial charge in [-0.25, -0.2) is 0 Å². The third-order valence-electron chi connectivity index (χ3n) is 4.13. The Morgan fingerprint density at radius 3 is 2.78 bits per heavy atom. The van der Waals surface area contributed by atoms with Gasteiger partial charge in [-0.2, -0.15) is 13.2 Å². The number of guanidine groups is 1. The molecule has 27 heavy (non-hydrogen) atoms. The van der Waals surface area contributed by atoms with E-state index < -0.39 is 12.8 Å². The largest absolute Gasteiger partial charge is 0.411 e. The highest BCUT2D eigenvalue weighted by Crippen LogP contribution is 2.24. The molecule has 1 atom stereocenters. The molecule has 154 valence electrons. The molecule has 0 aromatic heterocycles. The number of halogens is 4. The molecule has 0 spiro atoms. The predicted octanol–water partition coefficient (Wildman–Crippen LogP) is 3.53. The van der Waals surface area contributed by atoms with Crippen molar-refractivity contribution in [1.29, 1.82) is 0 Å². The predicted molar refractivity (Wildman–Crippen MR) is 110 cm³/mol. The number of aryl methyl sites for hydroxylation is 1. The number of rotatable bonds is 6. The molecule has 2 rings (SSSR count). The van der Waals surface area contributed by atoms with E-state index in [0.717, 1.165) is 11.5 Å². The van der Waals surface area contributed by atoms with Gasteiger partial charge in [-0.15, -0.1) is 24.0 Å². The van der Waals surface area contributed by atoms with Crippen molar-refractivity contribution < 1.29 is 22.6 Å². The van der Waals surface area contributed by atoms with Crippen molar-refractivity contribution >= 4 is 29.9 Å². The van der Waals surface area contributed by atoms with Gasteiger partial charge in [0.25, 0.3) is 0 Å². The molecule has 1 aromatic rings. The van der Waals surface area contributed by atoms with E-state index >= 15 is 0 Å². The Kier molecular flexibility index (Phi) is 10.4. The molecule has 1 unspecified atom stereocenters. The minimum absolute atomic E-state index is 0. The molecule has 0 bridgehead atoms. The van der Waals surface area contributed by atoms with Crippen molar-refractivity contribution in [3.05, 3.63) is 35.4 Å². The fourth-order valence-electron chi connectivity index (χ4n) is 2.87. The molecule has 1 aromatic carbocycles. The lowest BCUT2D eigenvalue weighted by molar-refractivity contribution is -0.173. The summed E-state index contributed by atoms with van der Waals surface area (Å²) >= 11 is 0. The van der Waals surface area contributed by atoms with E-state index in [2.05, 4.69) is 39.0 Å². The van der Waals surface area contributed by atoms with Crippen LogP contribution in [0.3, 0.4) is 0 Å². The first-order valence-corrected chi connectivity index (χ1v) is 8.68. The Labute approximate surface area is 175 Å². The number of aliphatic imine (C=N–C) groups is 1. The van der Waals surface area contributed by atoms with E-state index in [4.69, 9.17) is 4.74 Å². The van der Waals surface area contributed by atoms with Crippen molar-refractivity contribution in [2.45, 2.75) is 25.6 Å². The second-order valence-electron chi connectivity index (χ2n) is 6.16. The lowest BCUT2D eigenvalue weighted by Crippen LogP contribution is -2.48. The normalized spacial score (nSPS) is 18.2. The fraction of sp³-hybridized carbons (Fsp3) is 0.611. The van der Waals surface area contributed by atoms with E-state index in [-0.39, 0.29) is 36.7 Å². The van der Waals surface area contributed by atoms with Crippen LogP contribution in [0.2, 0.25) is 0 Å². The quantitative estimate of drug-likeness (QED) is 0.281. The van der Waals surface area contributed by atoms with Crippen LogP contribution in [0, 0.1) is 6.92 Å². The number of morpholine rings is 1. The average molecular weight is 501 g/mol. The number of ether oxygens (including phenoxy) is 2. The third-order valence-corrected chi connectivity index (χ3v) is 4.13. The summed E-state index contributed by atoms with van der Waals surface area (Å²) in [4.78, 5) is 6.38. The van der Waals surface area contributed by atoms with Gasteiger partial charge in [-0.3, -0.25) is 4.99 Å². The van der Waals surface area contributed by atoms with Crippen molar-refractivity contribution in [3.63, 3.8) is 0 Å². The second kappa shape index (κ2) is 11.7. The summed E-state index contributed by atoms with van der Waals surface area (Å²) in [6.07, 6.45) is -3.83. The Balaban J connectivity index is 0.00000364. The second-order valence-corrected chi connectivity index (χ2v) is 6.16. The van der Waals surface area contributed by atoms with Gasteiger partial charge in [0.05, 0.1) is 13.2 Å². The molecular formula is C18H27F3IN3O2. The standard InChI is InChI=1S/C18H26F3N3O2.HI/c1-14-6-3-4-7-15(14)16-12-24(9-11-26-16)17(22-2)23-8-5-10-25-13-18(19,20)21;/h3-4,6-7,16H,5,8-13H2,1-2H3,(H,22,23);1H. The molecule has 1 fully saturated rings. The van der Waals surface area contributed by atoms with E-state index in [1.807, 2.05) is 12.1 Å². The summed E-state index contributed by atoms with van der Waals surface area (Å²) in [7, 11) is 1.70. The molecule has 1 N–H and O–H groups in total. The first-order chi connectivity index (χ1) is 12.4. The number of alkyl halides is 3. The highest BCUT2D eigenvalue weighted by molar-refractivity contribution is 14.0. The first kappa shape index (κ1) is 24.0. The van der Waals surface area contributed by atoms with Crippen molar-refractivity contribution in [1.82, 2.24) is 10.2 Å². The molecule has 5 nitrogen and oxygen atoms in total. The molecular weight excluding hydrogens is 474 g/mol. The monoisotopic (exact) mass is 501 g/mol. The minimum atomic E-state index is -4.28. The van der Waals surface area contributed by atoms with Crippen LogP contribution in [0.15, 0.2) is 29.3 Å². The average Bonchev–Trinajstić information content (AvgIpc) is 2.61. The maximum atomic E-state index is 12.0. The molecule has 1 aliphatic heterocycles. The number of nitrogens with zero attached hydrogens (tertiary/aromatic N) is 2. The molecule has 9 heteroatoms. The van der Waals surface area contributed by atoms with E-state index in [1.165, 1.54) is 5.56 Å². The van der Waals surface area contributed by atoms with Crippen LogP contribution in [0.4, 0.5) is 13.2 Å². The third kappa shape index (κ3) is 8.22. The lowest BCUT2D eigenvalue weighted by Gasteiger charge is -2.35. The topological polar surface area (TPSA) is 46.1 Å². The Morgan fingerprint density at radius 1 is 1.37 bits per heavy atom. The molecule has 0 aliphatic carbocycles. The van der Waals surface area contributed by atoms with Crippen LogP contribution < -0.4 is 5.32 Å². The highest BCUT2D eigenvalue weighted by atomic mass is 127. The zero-order valence-electron chi connectivity index (χ0n) is 15.6. The van der Waals surface area contributed by atoms with Crippen LogP contribution in [0.1, 0.15) is 23.7 Å². The molecule has 1 aliphatic rings. The SMILES string of the molecule is CN=C(NCCCOCC(F)(F)F)N1CCOC(c2ccccc2C)C1.I. The zero-order valence-corrected chi connectivity index (χ0v) is 17.9. The van der Waals surface area contributed by atoms with Crippen LogP contribution in [-0.4, -0.2) is 63.5 Å². The Hall–Kier alpha value is -1.07. The van der Waals surface area contributed by atoms with E-state index in [1.54, 1.807) is 7.05 Å². The number of nitrogens with one attached hydrogen (secondary N) is 1. The van der Waals surface area contributed by atoms with Gasteiger partial charge in [0.15, 0.2) is 5.96 Å². The minimum Gasteiger partial charge on any atom is -0.372 e. The summed E-state index contributed by atoms with van der Waals surface area (Å²) in [5, 5.41) is 3.18. The molecule has 1 heterocycles. The first-order valence-electron chi connectivity index (χ1n) is 8.68. The van der Waals surface area contributed by atoms with Gasteiger partial charge >= 0.3 is 6.18 Å². The van der Waals surface area contributed by atoms with Crippen LogP contribution >= 0.6 is 24.0 Å². The van der Waals surface area contributed by atoms with Crippen molar-refractivity contribution in [2.75, 3.05) is 46.5 Å². The van der Waals surface area contributed by atoms with E-state index in [9.17, 15) is 13.2 Å². The van der Waals surface area contributed by atoms with Gasteiger partial charge in [0.1, 0.15) is 12.7 Å². The Morgan fingerprint density at radius 2 is 2.11 bits per heavy atom. The summed E-state index contributed by atoms with van der Waals surface area (Å²) in [5.41, 5.74) is 2.34. The maximum absolute atomic E-state index is 12.0. The van der Waals surface area contributed by atoms with Crippen LogP contribution in [0.25, 0.3) is 0 Å². The molecule has 1 saturated heterocycles. The number of hydrogen-bond donors (Lipinski definition) is 1. The zero-order chi connectivity index (χ0) is 19.0. The van der Waals surface area contributed by atoms with Gasteiger partial charge in [0.2, 0.25) is 0 Å². The highest BCUT2D eigenvalue weighted by Gasteiger charge is 2.27. The molecule has 0 amide bonds. The fourth-order valence-corrected chi connectivity index (χ4v) is 2.87. The van der Waals surface area contributed by atoms with Gasteiger partial charge in [-0.05, 0) is 24.5 Å². The summed E-state index contributed by atoms with van der Waals surface area (Å²) in [6.45, 7) is 3.39. The Bertz CT molecular complexity index is 599. The van der Waals surface area contributed by atoms with Crippen LogP contribution in [-0.2, 0) is 9.47 Å². The smallest absolute Gasteiger partial charge is 0.372 e. The number of hydrogen-bond acceptors (Lipinski definition) is 3. The summed E-state index contributed by atoms with van der Waals surface area (Å²) in [6, 6.07) is 8.13. The van der Waals surface area contributed by atoms with Gasteiger partial charge in [0, 0.05) is 26.7 Å². The van der Waals surface area contributed by atoms with E-state index in [0.29, 0.717) is 32.7 Å². The van der Waals surface area contributed by atoms with Crippen LogP contribution in [0.5, 0.6) is 0 Å². The lowest BCUT2D eigenvalue weighted by atomic mass is 10.0. The summed E-state index contributed by atoms with van der Waals surface area (Å²) < 4.78 is 46.6. The van der Waals surface area contributed by atoms with Crippen molar-refractivity contribution in [2.24, 2.45) is 4.99 Å². The summed E-state index contributed by atoms with van der Waals surface area (Å²) in [5.74, 6) is 0.725. The van der Waals surface area contributed by atoms with Gasteiger partial charge in [-0.1, -0.05) is 24.3 Å². The molecule has 0 radical (unpaired) electrons. The maximum Gasteiger partial charge on any atom is 0.411 e. The van der Waals surface area contributed by atoms with Crippen molar-refractivity contribution in [3.8, 4) is 0 Å². The molecule has 0 saturated carbocycles.